The Kier molecular flexibility index (Phi) is 12.0. The van der Waals surface area contributed by atoms with Gasteiger partial charge < -0.3 is 4.89 Å². The van der Waals surface area contributed by atoms with Crippen LogP contribution < -0.4 is 11.0 Å². The molecule has 0 aromatic carbocycles. The maximum absolute atomic E-state index is 12.0. The molecule has 0 spiro atoms. The van der Waals surface area contributed by atoms with Crippen molar-refractivity contribution in [1.82, 2.24) is 0 Å². The van der Waals surface area contributed by atoms with E-state index in [1.54, 1.807) is 27.7 Å². The maximum Gasteiger partial charge on any atom is 0.421 e. The van der Waals surface area contributed by atoms with Crippen molar-refractivity contribution in [3.63, 3.8) is 0 Å². The fraction of sp³-hybridized carbons (Fsp3) is 0.882. The molecule has 2 atom stereocenters. The molecule has 5 N–H and O–H groups in total. The van der Waals surface area contributed by atoms with Crippen LogP contribution in [-0.4, -0.2) is 29.7 Å². The van der Waals surface area contributed by atoms with Gasteiger partial charge in [0.2, 0.25) is 0 Å². The average molecular weight is 471 g/mol. The minimum absolute atomic E-state index is 0.00399. The number of ketones is 2. The molecule has 2 unspecified atom stereocenters. The summed E-state index contributed by atoms with van der Waals surface area (Å²) in [5, 5.41) is 0. The van der Waals surface area contributed by atoms with Crippen molar-refractivity contribution in [3.8, 4) is 0 Å². The zero-order chi connectivity index (χ0) is 23.6. The lowest BCUT2D eigenvalue weighted by atomic mass is 9.86. The molecule has 0 rings (SSSR count). The Hall–Kier alpha value is -0.800. The summed E-state index contributed by atoms with van der Waals surface area (Å²) >= 11 is 0. The van der Waals surface area contributed by atoms with E-state index in [4.69, 9.17) is 24.9 Å². The van der Waals surface area contributed by atoms with Gasteiger partial charge in [-0.1, -0.05) is 27.7 Å². The summed E-state index contributed by atoms with van der Waals surface area (Å²) in [6.45, 7) is 7.10. The molecule has 0 heterocycles. The molecule has 0 aromatic heterocycles. The number of nitroso groups, excluding NO2 is 1. The molecular weight excluding hydrogens is 436 g/mol. The first-order valence-corrected chi connectivity index (χ1v) is 12.9. The first-order chi connectivity index (χ1) is 13.5. The first-order valence-electron chi connectivity index (χ1n) is 9.64. The van der Waals surface area contributed by atoms with Crippen LogP contribution in [0.5, 0.6) is 0 Å². The summed E-state index contributed by atoms with van der Waals surface area (Å²) in [6, 6.07) is 0. The van der Waals surface area contributed by atoms with Crippen LogP contribution >= 0.6 is 15.4 Å². The van der Waals surface area contributed by atoms with E-state index in [9.17, 15) is 23.6 Å². The van der Waals surface area contributed by atoms with Crippen molar-refractivity contribution < 1.29 is 32.7 Å². The number of hydrogen-bond donors (Lipinski definition) is 3. The van der Waals surface area contributed by atoms with E-state index in [1.807, 2.05) is 0 Å². The first kappa shape index (κ1) is 29.2. The van der Waals surface area contributed by atoms with E-state index in [1.165, 1.54) is 0 Å². The molecule has 0 aliphatic heterocycles. The molecule has 0 saturated heterocycles. The van der Waals surface area contributed by atoms with Gasteiger partial charge in [0.05, 0.1) is 13.2 Å². The van der Waals surface area contributed by atoms with Crippen LogP contribution in [-0.2, 0) is 27.8 Å². The molecule has 0 fully saturated rings. The molecule has 176 valence electrons. The van der Waals surface area contributed by atoms with Gasteiger partial charge in [-0.25, -0.2) is 20.1 Å². The number of carbonyl (C=O) groups excluding carboxylic acids is 2. The van der Waals surface area contributed by atoms with Gasteiger partial charge in [-0.3, -0.25) is 18.6 Å². The molecule has 30 heavy (non-hydrogen) atoms. The van der Waals surface area contributed by atoms with Crippen LogP contribution in [0.1, 0.15) is 72.6 Å². The molecule has 0 aliphatic carbocycles. The summed E-state index contributed by atoms with van der Waals surface area (Å²) in [6.07, 6.45) is 2.43. The highest BCUT2D eigenvalue weighted by Gasteiger charge is 2.26. The van der Waals surface area contributed by atoms with Crippen LogP contribution in [0, 0.1) is 15.7 Å². The fourth-order valence-electron chi connectivity index (χ4n) is 2.39. The highest BCUT2D eigenvalue weighted by atomic mass is 31.2. The molecular formula is C17H35N3O8P2. The molecule has 13 heteroatoms. The summed E-state index contributed by atoms with van der Waals surface area (Å²) < 4.78 is 31.8. The molecule has 0 amide bonds. The topological polar surface area (TPSA) is 188 Å². The number of hydrogen-bond acceptors (Lipinski definition) is 7. The zero-order valence-corrected chi connectivity index (χ0v) is 20.0. The number of Topliss-reactive ketones (excluding diaryl/α,β-unsaturated/α-hetero) is 2. The lowest BCUT2D eigenvalue weighted by molar-refractivity contribution is -0.121. The van der Waals surface area contributed by atoms with E-state index in [0.717, 1.165) is 0 Å². The number of nitrogens with zero attached hydrogens (tertiary/aromatic N) is 1. The molecule has 0 saturated carbocycles. The minimum Gasteiger partial charge on any atom is -0.313 e. The lowest BCUT2D eigenvalue weighted by Crippen LogP contribution is -2.21. The molecule has 11 nitrogen and oxygen atoms in total. The Labute approximate surface area is 177 Å². The van der Waals surface area contributed by atoms with Crippen molar-refractivity contribution in [3.05, 3.63) is 4.91 Å². The van der Waals surface area contributed by atoms with Crippen molar-refractivity contribution in [2.24, 2.45) is 26.8 Å². The van der Waals surface area contributed by atoms with Gasteiger partial charge in [-0.05, 0) is 30.1 Å². The normalized spacial score (nSPS) is 16.5. The minimum atomic E-state index is -4.04. The second-order valence-electron chi connectivity index (χ2n) is 9.02. The second-order valence-corrected chi connectivity index (χ2v) is 12.0. The van der Waals surface area contributed by atoms with Gasteiger partial charge >= 0.3 is 15.4 Å². The van der Waals surface area contributed by atoms with Crippen molar-refractivity contribution in [1.29, 1.82) is 0 Å². The Morgan fingerprint density at radius 1 is 0.867 bits per heavy atom. The maximum atomic E-state index is 12.0. The van der Waals surface area contributed by atoms with Crippen molar-refractivity contribution in [2.75, 3.05) is 13.2 Å². The number of nitrogens with two attached hydrogens (primary N) is 2. The van der Waals surface area contributed by atoms with Crippen LogP contribution in [0.25, 0.3) is 0 Å². The molecule has 0 bridgehead atoms. The van der Waals surface area contributed by atoms with Gasteiger partial charge in [-0.2, -0.15) is 0 Å². The van der Waals surface area contributed by atoms with Crippen LogP contribution in [0.2, 0.25) is 0 Å². The third-order valence-corrected chi connectivity index (χ3v) is 5.69. The van der Waals surface area contributed by atoms with Gasteiger partial charge in [0.1, 0.15) is 11.6 Å². The van der Waals surface area contributed by atoms with Crippen LogP contribution in [0.15, 0.2) is 4.95 Å². The largest absolute Gasteiger partial charge is 0.421 e. The van der Waals surface area contributed by atoms with E-state index < -0.39 is 26.2 Å². The third-order valence-electron chi connectivity index (χ3n) is 4.47. The average Bonchev–Trinajstić information content (AvgIpc) is 2.62. The molecule has 0 radical (unpaired) electrons. The Balaban J connectivity index is 4.12. The van der Waals surface area contributed by atoms with Crippen molar-refractivity contribution in [2.45, 2.75) is 72.6 Å². The van der Waals surface area contributed by atoms with E-state index >= 15 is 0 Å². The van der Waals surface area contributed by atoms with Gasteiger partial charge in [0, 0.05) is 30.6 Å². The Morgan fingerprint density at radius 3 is 1.63 bits per heavy atom. The van der Waals surface area contributed by atoms with Gasteiger partial charge in [0.25, 0.3) is 0 Å². The lowest BCUT2D eigenvalue weighted by Gasteiger charge is -2.24. The smallest absolute Gasteiger partial charge is 0.313 e. The second kappa shape index (κ2) is 12.3. The standard InChI is InChI=1S/C17H35N3O8P2/c1-16(2,12-27-29(18,24)20-23)10-8-14(21)6-5-7-15(22)9-11-17(3,4)13-28-30(19,25)26/h5-13H2,1-4H3,(H2,18,24)(H3,19,25,26). The monoisotopic (exact) mass is 471 g/mol. The third kappa shape index (κ3) is 16.0. The molecule has 0 aromatic rings. The summed E-state index contributed by atoms with van der Waals surface area (Å²) in [4.78, 5) is 45.6. The predicted octanol–water partition coefficient (Wildman–Crippen LogP) is 3.83. The Bertz CT molecular complexity index is 690. The SMILES string of the molecule is CC(C)(CCC(=O)CCCC(=O)CCC(C)(C)COP(N)(=O)N=O)COP(N)(=O)O. The summed E-state index contributed by atoms with van der Waals surface area (Å²) in [5.41, 5.74) is 9.02. The highest BCUT2D eigenvalue weighted by molar-refractivity contribution is 7.54. The molecule has 0 aliphatic rings. The van der Waals surface area contributed by atoms with Crippen LogP contribution in [0.3, 0.4) is 0 Å². The Morgan fingerprint density at radius 2 is 1.27 bits per heavy atom. The summed E-state index contributed by atoms with van der Waals surface area (Å²) in [5.74, 6) is 0.000267. The van der Waals surface area contributed by atoms with Gasteiger partial charge in [-0.15, -0.1) is 4.91 Å². The van der Waals surface area contributed by atoms with Crippen LogP contribution in [0.4, 0.5) is 0 Å². The number of carbonyl (C=O) groups is 2. The highest BCUT2D eigenvalue weighted by Crippen LogP contribution is 2.41. The van der Waals surface area contributed by atoms with E-state index in [-0.39, 0.29) is 50.5 Å². The zero-order valence-electron chi connectivity index (χ0n) is 18.2. The van der Waals surface area contributed by atoms with E-state index in [0.29, 0.717) is 19.3 Å². The van der Waals surface area contributed by atoms with Gasteiger partial charge in [0.15, 0.2) is 0 Å². The fourth-order valence-corrected chi connectivity index (χ4v) is 3.51. The van der Waals surface area contributed by atoms with E-state index in [2.05, 4.69) is 4.95 Å². The quantitative estimate of drug-likeness (QED) is 0.208. The van der Waals surface area contributed by atoms with Crippen molar-refractivity contribution >= 4 is 27.0 Å². The summed E-state index contributed by atoms with van der Waals surface area (Å²) in [7, 11) is -8.01. The number of rotatable bonds is 17. The predicted molar refractivity (Wildman–Crippen MR) is 113 cm³/mol.